The van der Waals surface area contributed by atoms with Gasteiger partial charge in [-0.15, -0.1) is 0 Å². The maximum atomic E-state index is 9.51. The topological polar surface area (TPSA) is 1270 Å². The molecule has 0 saturated carbocycles. The molecule has 0 heterocycles. The van der Waals surface area contributed by atoms with Crippen LogP contribution >= 0.6 is 0 Å². The molecule has 0 aromatic heterocycles. The Morgan fingerprint density at radius 1 is 0.119 bits per heavy atom. The molecule has 0 aliphatic carbocycles. The molecule has 101 heteroatoms. The minimum absolute atomic E-state index is 0. The molecule has 0 atom stereocenters. The van der Waals surface area contributed by atoms with Crippen molar-refractivity contribution in [2.24, 2.45) is 0 Å². The zero-order valence-corrected chi connectivity index (χ0v) is 62.0. The van der Waals surface area contributed by atoms with Crippen LogP contribution in [-0.2, 0) is 295 Å². The fourth-order valence-corrected chi connectivity index (χ4v) is 6.31. The first-order chi connectivity index (χ1) is 42.1. The molecule has 0 radical (unpaired) electrons. The van der Waals surface area contributed by atoms with E-state index < -0.39 is 208 Å². The van der Waals surface area contributed by atoms with Gasteiger partial charge in [-0.2, -0.15) is 160 Å². The van der Waals surface area contributed by atoms with Gasteiger partial charge in [0, 0.05) is 0 Å². The number of hydrogen-bond donors (Lipinski definition) is 19. The van der Waals surface area contributed by atoms with Crippen LogP contribution in [0, 0.1) is 0 Å². The molecule has 19 N–H and O–H groups in total. The van der Waals surface area contributed by atoms with Gasteiger partial charge in [0.05, 0.1) is 0 Å². The van der Waals surface area contributed by atoms with Gasteiger partial charge >= 0.3 is 249 Å². The Morgan fingerprint density at radius 3 is 0.178 bits per heavy atom. The Morgan fingerprint density at radius 2 is 0.158 bits per heavy atom. The van der Waals surface area contributed by atoms with Crippen LogP contribution in [-0.4, -0.2) is 259 Å². The van der Waals surface area contributed by atoms with Crippen LogP contribution < -0.4 is 51.4 Å². The van der Waals surface area contributed by atoms with Crippen molar-refractivity contribution < 1.29 is 397 Å². The van der Waals surface area contributed by atoms with Crippen LogP contribution in [0.5, 0.6) is 0 Å². The van der Waals surface area contributed by atoms with Crippen molar-refractivity contribution in [3.63, 3.8) is 0 Å². The molecule has 0 amide bonds. The maximum absolute atomic E-state index is 9.51. The normalized spacial score (nSPS) is 13.3. The molecule has 0 aromatic carbocycles. The molecule has 0 saturated heterocycles. The van der Waals surface area contributed by atoms with Gasteiger partial charge in [0.15, 0.2) is 0 Å². The molecule has 0 unspecified atom stereocenters. The third-order valence-electron chi connectivity index (χ3n) is 1.99. The van der Waals surface area contributed by atoms with Crippen molar-refractivity contribution in [2.75, 3.05) is 0 Å². The van der Waals surface area contributed by atoms with E-state index in [1.165, 1.54) is 0 Å². The number of hydrogen-bond acceptors (Lipinski definition) is 61. The summed E-state index contributed by atoms with van der Waals surface area (Å²) in [5.74, 6) is 0. The van der Waals surface area contributed by atoms with E-state index in [4.69, 9.17) is 86.5 Å². The van der Waals surface area contributed by atoms with Crippen molar-refractivity contribution in [1.82, 2.24) is 0 Å². The largest absolute Gasteiger partial charge is 1.00 e. The van der Waals surface area contributed by atoms with Gasteiger partial charge in [-0.3, -0.25) is 86.5 Å². The summed E-state index contributed by atoms with van der Waals surface area (Å²) in [6.45, 7) is 0. The summed E-state index contributed by atoms with van der Waals surface area (Å²) in [6, 6.07) is 0. The van der Waals surface area contributed by atoms with Crippen LogP contribution in [0.2, 0.25) is 0 Å². The molecular weight excluding hydrogens is 1960 g/mol. The molecule has 0 aliphatic rings. The first-order valence-corrected chi connectivity index (χ1v) is 42.6. The molecule has 0 spiro atoms. The van der Waals surface area contributed by atoms with Crippen LogP contribution in [0.3, 0.4) is 0 Å². The SMILES string of the molecule is O=S(=O)(O)OOS(=O)(=O)O.O=S(=O)(O)OOS(=O)(=O)O.O=S(=O)(O)OOS(=O)(=O)O.O=S(=O)(O)OOS(=O)(=O)O.O=S(=O)(O)OOS(=O)(=O)O.O=S(=O)(O)OOS(=O)(=O)O.O=S(=O)(O)OOS(=O)(=O)O.O=S(=O)(O)OOS(=O)(=O)O.O=S(=O)(O)OOS(=O)(=O)O.O=S(=O)([O-])OOS(=O)(=O)O.[K+]. The second-order valence-electron chi connectivity index (χ2n) is 9.90. The Labute approximate surface area is 599 Å². The van der Waals surface area contributed by atoms with E-state index in [0.717, 1.165) is 0 Å². The minimum Gasteiger partial charge on any atom is -0.724 e. The van der Waals surface area contributed by atoms with E-state index in [1.807, 2.05) is 0 Å². The van der Waals surface area contributed by atoms with E-state index in [2.05, 4.69) is 86.7 Å². The maximum Gasteiger partial charge on any atom is 1.00 e. The van der Waals surface area contributed by atoms with E-state index in [1.54, 1.807) is 0 Å². The Hall–Kier alpha value is -0.964. The molecule has 101 heavy (non-hydrogen) atoms. The molecular formula is H19KO80S20. The summed E-state index contributed by atoms with van der Waals surface area (Å²) in [5.41, 5.74) is 0. The fourth-order valence-electron chi connectivity index (χ4n) is 0.701. The Balaban J connectivity index is -0.0000000989. The average Bonchev–Trinajstić information content (AvgIpc) is 1.04. The van der Waals surface area contributed by atoms with Crippen LogP contribution in [0.25, 0.3) is 0 Å². The molecule has 80 nitrogen and oxygen atoms in total. The molecule has 0 fully saturated rings. The summed E-state index contributed by atoms with van der Waals surface area (Å²) in [6.07, 6.45) is 0. The van der Waals surface area contributed by atoms with Gasteiger partial charge in [0.1, 0.15) is 0 Å². The molecule has 0 rings (SSSR count). The first kappa shape index (κ1) is 124. The predicted molar refractivity (Wildman–Crippen MR) is 251 cm³/mol. The fraction of sp³-hybridized carbons (Fsp3) is 0. The summed E-state index contributed by atoms with van der Waals surface area (Å²) in [5, 5.41) is 0. The van der Waals surface area contributed by atoms with Crippen molar-refractivity contribution in [1.29, 1.82) is 0 Å². The van der Waals surface area contributed by atoms with Crippen LogP contribution in [0.4, 0.5) is 0 Å². The van der Waals surface area contributed by atoms with Crippen LogP contribution in [0.15, 0.2) is 0 Å². The van der Waals surface area contributed by atoms with Gasteiger partial charge in [-0.1, -0.05) is 86.7 Å². The first-order valence-electron chi connectivity index (χ1n) is 15.3. The van der Waals surface area contributed by atoms with Gasteiger partial charge in [0.2, 0.25) is 10.4 Å². The minimum atomic E-state index is -5.27. The zero-order valence-electron chi connectivity index (χ0n) is 42.6. The number of rotatable bonds is 30. The van der Waals surface area contributed by atoms with Gasteiger partial charge in [0.25, 0.3) is 0 Å². The Kier molecular flexibility index (Phi) is 60.3. The Bertz CT molecular complexity index is 3500. The predicted octanol–water partition coefficient (Wildman–Crippen LogP) is -17.9. The smallest absolute Gasteiger partial charge is 0.724 e. The quantitative estimate of drug-likeness (QED) is 0.0104. The second kappa shape index (κ2) is 49.2. The van der Waals surface area contributed by atoms with E-state index in [0.29, 0.717) is 0 Å². The van der Waals surface area contributed by atoms with Gasteiger partial charge in [-0.05, 0) is 0 Å². The van der Waals surface area contributed by atoms with Crippen LogP contribution in [0.1, 0.15) is 0 Å². The molecule has 0 bridgehead atoms. The third-order valence-corrected chi connectivity index (χ3v) is 7.65. The van der Waals surface area contributed by atoms with Crippen molar-refractivity contribution in [3.8, 4) is 0 Å². The summed E-state index contributed by atoms with van der Waals surface area (Å²) < 4.78 is 590. The molecule has 620 valence electrons. The average molecular weight is 1980 g/mol. The third kappa shape index (κ3) is 196. The summed E-state index contributed by atoms with van der Waals surface area (Å²) >= 11 is 0. The van der Waals surface area contributed by atoms with E-state index in [9.17, 15) is 173 Å². The summed E-state index contributed by atoms with van der Waals surface area (Å²) in [4.78, 5) is 0. The summed E-state index contributed by atoms with van der Waals surface area (Å²) in [7, 11) is -101. The zero-order chi connectivity index (χ0) is 84.1. The van der Waals surface area contributed by atoms with Crippen molar-refractivity contribution in [2.45, 2.75) is 0 Å². The second-order valence-corrected chi connectivity index (χ2v) is 29.7. The molecule has 0 aliphatic heterocycles. The van der Waals surface area contributed by atoms with Crippen molar-refractivity contribution >= 4 is 208 Å². The monoisotopic (exact) mass is 1980 g/mol. The van der Waals surface area contributed by atoms with Gasteiger partial charge < -0.3 is 4.55 Å². The standard InChI is InChI=1S/K.10H2O8S2/c;10*1-9(2,3)7-8-10(4,5)6/h;10*(H,1,2,3)(H,4,5,6)/q+1;;;;;;;;;;/p-1. The van der Waals surface area contributed by atoms with Gasteiger partial charge in [-0.25, -0.2) is 8.42 Å². The van der Waals surface area contributed by atoms with E-state index >= 15 is 0 Å². The molecule has 0 aromatic rings. The van der Waals surface area contributed by atoms with Crippen molar-refractivity contribution in [3.05, 3.63) is 0 Å². The van der Waals surface area contributed by atoms with E-state index in [-0.39, 0.29) is 51.4 Å².